The third-order valence-corrected chi connectivity index (χ3v) is 7.85. The van der Waals surface area contributed by atoms with Gasteiger partial charge in [-0.25, -0.2) is 0 Å². The molecule has 18 heavy (non-hydrogen) atoms. The quantitative estimate of drug-likeness (QED) is 0.574. The van der Waals surface area contributed by atoms with Crippen LogP contribution in [-0.4, -0.2) is 13.0 Å². The number of benzene rings is 2. The zero-order valence-electron chi connectivity index (χ0n) is 11.2. The monoisotopic (exact) mass is 270 g/mol. The molecule has 2 rings (SSSR count). The van der Waals surface area contributed by atoms with Crippen molar-refractivity contribution in [1.82, 2.24) is 0 Å². The van der Waals surface area contributed by atoms with Gasteiger partial charge in [-0.05, 0) is 10.5 Å². The van der Waals surface area contributed by atoms with Crippen molar-refractivity contribution in [1.29, 1.82) is 0 Å². The maximum absolute atomic E-state index is 2.42. The predicted octanol–water partition coefficient (Wildman–Crippen LogP) is 4.36. The molecule has 92 valence electrons. The third-order valence-electron chi connectivity index (χ3n) is 2.75. The average molecular weight is 270 g/mol. The van der Waals surface area contributed by atoms with Crippen LogP contribution in [0.15, 0.2) is 60.7 Å². The maximum atomic E-state index is 2.42. The number of hydrogen-bond acceptors (Lipinski definition) is 0. The molecule has 2 aromatic carbocycles. The Morgan fingerprint density at radius 1 is 0.778 bits per heavy atom. The highest BCUT2D eigenvalue weighted by Gasteiger charge is 2.21. The van der Waals surface area contributed by atoms with Gasteiger partial charge in [0.2, 0.25) is 0 Å². The largest absolute Gasteiger partial charge is 0.0843 e. The minimum absolute atomic E-state index is 1.31. The van der Waals surface area contributed by atoms with E-state index in [1.807, 2.05) is 0 Å². The number of hydrogen-bond donors (Lipinski definition) is 0. The molecule has 0 saturated heterocycles. The highest BCUT2D eigenvalue weighted by molar-refractivity contribution is 7.58. The second-order valence-electron chi connectivity index (χ2n) is 5.41. The van der Waals surface area contributed by atoms with Crippen molar-refractivity contribution < 1.29 is 0 Å². The average Bonchev–Trinajstić information content (AvgIpc) is 2.37. The molecule has 0 spiro atoms. The molecule has 0 aliphatic heterocycles. The van der Waals surface area contributed by atoms with Crippen molar-refractivity contribution >= 4 is 26.5 Å². The van der Waals surface area contributed by atoms with Gasteiger partial charge >= 0.3 is 0 Å². The van der Waals surface area contributed by atoms with Gasteiger partial charge in [0.15, 0.2) is 0 Å². The zero-order chi connectivity index (χ0) is 13.0. The van der Waals surface area contributed by atoms with E-state index in [1.165, 1.54) is 19.1 Å². The lowest BCUT2D eigenvalue weighted by Crippen LogP contribution is -2.33. The van der Waals surface area contributed by atoms with E-state index in [-0.39, 0.29) is 0 Å². The lowest BCUT2D eigenvalue weighted by Gasteiger charge is -2.21. The molecule has 0 N–H and O–H groups in total. The first-order chi connectivity index (χ1) is 8.57. The Bertz CT molecular complexity index is 524. The summed E-state index contributed by atoms with van der Waals surface area (Å²) in [6, 6.07) is 21.6. The Labute approximate surface area is 113 Å². The van der Waals surface area contributed by atoms with Crippen LogP contribution in [0, 0.1) is 0 Å². The molecule has 0 bridgehead atoms. The fraction of sp³-hybridized carbons (Fsp3) is 0.188. The van der Waals surface area contributed by atoms with E-state index in [0.29, 0.717) is 0 Å². The molecule has 0 unspecified atom stereocenters. The summed E-state index contributed by atoms with van der Waals surface area (Å²) < 4.78 is 0. The van der Waals surface area contributed by atoms with E-state index in [4.69, 9.17) is 0 Å². The van der Waals surface area contributed by atoms with Gasteiger partial charge in [0.1, 0.15) is 0 Å². The van der Waals surface area contributed by atoms with Crippen LogP contribution in [0.25, 0.3) is 0 Å². The zero-order valence-corrected chi connectivity index (χ0v) is 13.1. The van der Waals surface area contributed by atoms with Crippen molar-refractivity contribution in [3.8, 4) is 0 Å². The van der Waals surface area contributed by atoms with Crippen LogP contribution in [0.5, 0.6) is 0 Å². The van der Waals surface area contributed by atoms with Crippen LogP contribution < -0.4 is 5.30 Å². The van der Waals surface area contributed by atoms with E-state index in [2.05, 4.69) is 80.3 Å². The topological polar surface area (TPSA) is 0 Å². The molecule has 0 amide bonds. The fourth-order valence-electron chi connectivity index (χ4n) is 1.89. The Morgan fingerprint density at radius 3 is 1.78 bits per heavy atom. The Morgan fingerprint density at radius 2 is 1.28 bits per heavy atom. The molecular weight excluding hydrogens is 251 g/mol. The molecule has 0 aliphatic carbocycles. The molecule has 0 fully saturated rings. The summed E-state index contributed by atoms with van der Waals surface area (Å²) in [7, 11) is 0.0590. The van der Waals surface area contributed by atoms with Crippen molar-refractivity contribution in [3.05, 3.63) is 66.2 Å². The van der Waals surface area contributed by atoms with Crippen LogP contribution in [0.1, 0.15) is 5.56 Å². The second-order valence-corrected chi connectivity index (χ2v) is 12.0. The van der Waals surface area contributed by atoms with E-state index >= 15 is 0 Å². The molecule has 0 aromatic heterocycles. The van der Waals surface area contributed by atoms with E-state index in [0.717, 1.165) is 0 Å². The first-order valence-corrected chi connectivity index (χ1v) is 10.7. The third kappa shape index (κ3) is 3.41. The SMILES string of the molecule is C[Si](C)(C)C(=Pc1ccccc1)c1ccccc1. The highest BCUT2D eigenvalue weighted by Crippen LogP contribution is 2.19. The van der Waals surface area contributed by atoms with Gasteiger partial charge in [-0.3, -0.25) is 0 Å². The predicted molar refractivity (Wildman–Crippen MR) is 86.9 cm³/mol. The van der Waals surface area contributed by atoms with Crippen LogP contribution in [0.4, 0.5) is 0 Å². The Kier molecular flexibility index (Phi) is 4.16. The first-order valence-electron chi connectivity index (χ1n) is 6.27. The maximum Gasteiger partial charge on any atom is 0.0843 e. The molecule has 0 radical (unpaired) electrons. The standard InChI is InChI=1S/C16H19PSi/c1-18(2,3)16(14-10-6-4-7-11-14)17-15-12-8-5-9-13-15/h4-13H,1-3H3. The van der Waals surface area contributed by atoms with Gasteiger partial charge in [-0.1, -0.05) is 88.5 Å². The van der Waals surface area contributed by atoms with Gasteiger partial charge in [0.25, 0.3) is 0 Å². The minimum Gasteiger partial charge on any atom is -0.0688 e. The lowest BCUT2D eigenvalue weighted by molar-refractivity contribution is 1.67. The van der Waals surface area contributed by atoms with Gasteiger partial charge in [-0.2, -0.15) is 0 Å². The molecule has 0 nitrogen and oxygen atoms in total. The molecule has 0 atom stereocenters. The van der Waals surface area contributed by atoms with Crippen molar-refractivity contribution in [3.63, 3.8) is 0 Å². The minimum atomic E-state index is -1.31. The summed E-state index contributed by atoms with van der Waals surface area (Å²) in [6.45, 7) is 7.27. The second kappa shape index (κ2) is 5.64. The van der Waals surface area contributed by atoms with Crippen LogP contribution in [0.3, 0.4) is 0 Å². The smallest absolute Gasteiger partial charge is 0.0688 e. The number of rotatable bonds is 3. The molecule has 0 saturated carbocycles. The van der Waals surface area contributed by atoms with Gasteiger partial charge in [0, 0.05) is 5.30 Å². The van der Waals surface area contributed by atoms with Gasteiger partial charge in [-0.15, -0.1) is 0 Å². The van der Waals surface area contributed by atoms with Crippen LogP contribution in [0.2, 0.25) is 19.6 Å². The molecular formula is C16H19PSi. The van der Waals surface area contributed by atoms with E-state index in [1.54, 1.807) is 4.92 Å². The van der Waals surface area contributed by atoms with E-state index < -0.39 is 8.07 Å². The summed E-state index contributed by atoms with van der Waals surface area (Å²) in [5.41, 5.74) is 1.40. The Hall–Kier alpha value is -1.17. The van der Waals surface area contributed by atoms with E-state index in [9.17, 15) is 0 Å². The van der Waals surface area contributed by atoms with Gasteiger partial charge in [0.05, 0.1) is 8.07 Å². The summed E-state index contributed by atoms with van der Waals surface area (Å²) in [5, 5.41) is 1.39. The summed E-state index contributed by atoms with van der Waals surface area (Å²) in [5.74, 6) is 0. The molecule has 2 aromatic rings. The summed E-state index contributed by atoms with van der Waals surface area (Å²) in [6.07, 6.45) is 0. The molecule has 2 heteroatoms. The molecule has 0 aliphatic rings. The summed E-state index contributed by atoms with van der Waals surface area (Å²) in [4.78, 5) is 1.61. The van der Waals surface area contributed by atoms with Gasteiger partial charge < -0.3 is 0 Å². The fourth-order valence-corrected chi connectivity index (χ4v) is 5.51. The summed E-state index contributed by atoms with van der Waals surface area (Å²) >= 11 is 0. The lowest BCUT2D eigenvalue weighted by atomic mass is 10.2. The Balaban J connectivity index is 2.48. The first kappa shape index (κ1) is 13.3. The van der Waals surface area contributed by atoms with Crippen molar-refractivity contribution in [2.24, 2.45) is 0 Å². The van der Waals surface area contributed by atoms with Crippen molar-refractivity contribution in [2.45, 2.75) is 19.6 Å². The van der Waals surface area contributed by atoms with Crippen LogP contribution in [-0.2, 0) is 0 Å². The molecule has 0 heterocycles. The highest BCUT2D eigenvalue weighted by atomic mass is 31.1. The van der Waals surface area contributed by atoms with Crippen LogP contribution >= 0.6 is 8.20 Å². The normalized spacial score (nSPS) is 12.5. The van der Waals surface area contributed by atoms with Crippen molar-refractivity contribution in [2.75, 3.05) is 0 Å².